The normalized spacial score (nSPS) is 11.2. The van der Waals surface area contributed by atoms with Crippen molar-refractivity contribution in [2.45, 2.75) is 19.8 Å². The number of aromatic nitrogens is 5. The van der Waals surface area contributed by atoms with Gasteiger partial charge in [-0.2, -0.15) is 9.78 Å². The van der Waals surface area contributed by atoms with Gasteiger partial charge < -0.3 is 5.73 Å². The van der Waals surface area contributed by atoms with Crippen molar-refractivity contribution in [2.24, 2.45) is 5.10 Å². The van der Waals surface area contributed by atoms with Gasteiger partial charge in [-0.25, -0.2) is 18.8 Å². The Bertz CT molecular complexity index is 998. The van der Waals surface area contributed by atoms with Gasteiger partial charge in [0.1, 0.15) is 11.6 Å². The van der Waals surface area contributed by atoms with Gasteiger partial charge in [0.25, 0.3) is 5.91 Å². The Balaban J connectivity index is 1.82. The second-order valence-electron chi connectivity index (χ2n) is 5.38. The Morgan fingerprint density at radius 3 is 2.93 bits per heavy atom. The first-order valence-electron chi connectivity index (χ1n) is 7.82. The second kappa shape index (κ2) is 7.68. The van der Waals surface area contributed by atoms with Crippen LogP contribution < -0.4 is 11.2 Å². The first kappa shape index (κ1) is 18.1. The van der Waals surface area contributed by atoms with E-state index in [2.05, 4.69) is 35.8 Å². The first-order chi connectivity index (χ1) is 13.0. The lowest BCUT2D eigenvalue weighted by Crippen LogP contribution is -2.20. The van der Waals surface area contributed by atoms with Gasteiger partial charge in [0.2, 0.25) is 11.6 Å². The Kier molecular flexibility index (Phi) is 5.15. The molecule has 0 aliphatic rings. The van der Waals surface area contributed by atoms with Crippen LogP contribution in [0.1, 0.15) is 35.1 Å². The lowest BCUT2D eigenvalue weighted by atomic mass is 10.2. The summed E-state index contributed by atoms with van der Waals surface area (Å²) >= 11 is 0. The van der Waals surface area contributed by atoms with Crippen LogP contribution in [0, 0.1) is 11.6 Å². The van der Waals surface area contributed by atoms with E-state index in [1.54, 1.807) is 0 Å². The molecule has 27 heavy (non-hydrogen) atoms. The molecule has 3 N–H and O–H groups in total. The molecule has 12 heteroatoms. The molecule has 0 fully saturated rings. The van der Waals surface area contributed by atoms with Gasteiger partial charge in [-0.15, -0.1) is 5.10 Å². The molecule has 0 bridgehead atoms. The molecule has 0 aliphatic heterocycles. The van der Waals surface area contributed by atoms with E-state index in [1.165, 1.54) is 4.68 Å². The summed E-state index contributed by atoms with van der Waals surface area (Å²) in [6, 6.07) is 2.88. The topological polar surface area (TPSA) is 137 Å². The van der Waals surface area contributed by atoms with E-state index in [0.717, 1.165) is 24.4 Å². The van der Waals surface area contributed by atoms with Crippen molar-refractivity contribution in [3.05, 3.63) is 46.8 Å². The van der Waals surface area contributed by atoms with Crippen LogP contribution >= 0.6 is 0 Å². The highest BCUT2D eigenvalue weighted by Crippen LogP contribution is 2.17. The number of nitrogens with zero attached hydrogens (tertiary/aromatic N) is 6. The van der Waals surface area contributed by atoms with Crippen LogP contribution in [0.5, 0.6) is 0 Å². The van der Waals surface area contributed by atoms with E-state index in [0.29, 0.717) is 18.5 Å². The number of benzene rings is 1. The maximum absolute atomic E-state index is 13.5. The van der Waals surface area contributed by atoms with Gasteiger partial charge in [0, 0.05) is 5.56 Å². The third-order valence-electron chi connectivity index (χ3n) is 3.49. The van der Waals surface area contributed by atoms with E-state index >= 15 is 0 Å². The number of halogens is 2. The van der Waals surface area contributed by atoms with E-state index in [1.807, 2.05) is 6.92 Å². The fourth-order valence-electron chi connectivity index (χ4n) is 2.27. The third kappa shape index (κ3) is 3.78. The molecule has 0 saturated heterocycles. The quantitative estimate of drug-likeness (QED) is 0.487. The second-order valence-corrected chi connectivity index (χ2v) is 5.38. The minimum atomic E-state index is -0.687. The third-order valence-corrected chi connectivity index (χ3v) is 3.49. The largest absolute Gasteiger partial charge is 0.378 e. The minimum absolute atomic E-state index is 0.0104. The number of anilines is 1. The van der Waals surface area contributed by atoms with E-state index in [9.17, 15) is 13.6 Å². The summed E-state index contributed by atoms with van der Waals surface area (Å²) in [6.45, 7) is 1.90. The zero-order valence-corrected chi connectivity index (χ0v) is 14.1. The summed E-state index contributed by atoms with van der Waals surface area (Å²) in [5.41, 5.74) is 8.14. The van der Waals surface area contributed by atoms with Crippen molar-refractivity contribution >= 4 is 17.9 Å². The van der Waals surface area contributed by atoms with Crippen LogP contribution in [0.15, 0.2) is 27.9 Å². The number of nitrogens with one attached hydrogen (secondary N) is 1. The van der Waals surface area contributed by atoms with E-state index in [4.69, 9.17) is 5.73 Å². The number of carbonyl (C=O) groups is 1. The van der Waals surface area contributed by atoms with Crippen LogP contribution in [0.3, 0.4) is 0 Å². The SMILES string of the molecule is CCCc1c(C(=O)NN=Cc2cc(F)ccc2F)nnn1-c1nonc1N. The predicted octanol–water partition coefficient (Wildman–Crippen LogP) is 1.23. The molecule has 1 aromatic carbocycles. The molecule has 2 aromatic heterocycles. The Morgan fingerprint density at radius 1 is 1.41 bits per heavy atom. The maximum atomic E-state index is 13.5. The van der Waals surface area contributed by atoms with E-state index < -0.39 is 17.5 Å². The maximum Gasteiger partial charge on any atom is 0.293 e. The lowest BCUT2D eigenvalue weighted by molar-refractivity contribution is 0.0949. The zero-order valence-electron chi connectivity index (χ0n) is 14.1. The van der Waals surface area contributed by atoms with Crippen molar-refractivity contribution in [3.8, 4) is 5.82 Å². The standard InChI is InChI=1S/C15H14F2N8O2/c1-2-3-11-12(20-24-25(11)14-13(18)22-27-23-14)15(26)21-19-7-8-6-9(16)4-5-10(8)17/h4-7H,2-3H2,1H3,(H2,18,22)(H,21,26). The summed E-state index contributed by atoms with van der Waals surface area (Å²) in [7, 11) is 0. The van der Waals surface area contributed by atoms with E-state index in [-0.39, 0.29) is 22.9 Å². The molecule has 0 radical (unpaired) electrons. The Hall–Kier alpha value is -3.70. The number of hydrogen-bond donors (Lipinski definition) is 2. The molecule has 1 amide bonds. The lowest BCUT2D eigenvalue weighted by Gasteiger charge is -2.03. The van der Waals surface area contributed by atoms with Gasteiger partial charge in [-0.1, -0.05) is 18.6 Å². The minimum Gasteiger partial charge on any atom is -0.378 e. The van der Waals surface area contributed by atoms with Crippen LogP contribution in [0.2, 0.25) is 0 Å². The molecule has 140 valence electrons. The monoisotopic (exact) mass is 376 g/mol. The summed E-state index contributed by atoms with van der Waals surface area (Å²) in [4.78, 5) is 12.4. The molecule has 0 saturated carbocycles. The summed E-state index contributed by atoms with van der Waals surface area (Å²) in [5.74, 6) is -1.90. The number of rotatable bonds is 6. The number of amides is 1. The predicted molar refractivity (Wildman–Crippen MR) is 89.0 cm³/mol. The Morgan fingerprint density at radius 2 is 2.22 bits per heavy atom. The summed E-state index contributed by atoms with van der Waals surface area (Å²) in [5, 5.41) is 18.4. The number of hydrazone groups is 1. The average Bonchev–Trinajstić information content (AvgIpc) is 3.24. The molecule has 2 heterocycles. The molecule has 10 nitrogen and oxygen atoms in total. The summed E-state index contributed by atoms with van der Waals surface area (Å²) in [6.07, 6.45) is 2.10. The fourth-order valence-corrected chi connectivity index (χ4v) is 2.27. The van der Waals surface area contributed by atoms with Crippen molar-refractivity contribution in [3.63, 3.8) is 0 Å². The number of nitrogens with two attached hydrogens (primary N) is 1. The zero-order chi connectivity index (χ0) is 19.4. The van der Waals surface area contributed by atoms with Gasteiger partial charge in [0.05, 0.1) is 11.9 Å². The van der Waals surface area contributed by atoms with Crippen molar-refractivity contribution in [1.82, 2.24) is 30.7 Å². The highest BCUT2D eigenvalue weighted by Gasteiger charge is 2.23. The van der Waals surface area contributed by atoms with Crippen LogP contribution in [0.25, 0.3) is 5.82 Å². The fraction of sp³-hybridized carbons (Fsp3) is 0.200. The van der Waals surface area contributed by atoms with Crippen molar-refractivity contribution in [1.29, 1.82) is 0 Å². The highest BCUT2D eigenvalue weighted by atomic mass is 19.1. The van der Waals surface area contributed by atoms with Gasteiger partial charge in [-0.05, 0) is 34.9 Å². The van der Waals surface area contributed by atoms with Crippen LogP contribution in [0.4, 0.5) is 14.6 Å². The molecular formula is C15H14F2N8O2. The first-order valence-corrected chi connectivity index (χ1v) is 7.82. The molecule has 3 aromatic rings. The van der Waals surface area contributed by atoms with Gasteiger partial charge >= 0.3 is 0 Å². The number of hydrogen-bond acceptors (Lipinski definition) is 8. The number of carbonyl (C=O) groups excluding carboxylic acids is 1. The molecule has 0 spiro atoms. The molecule has 0 unspecified atom stereocenters. The van der Waals surface area contributed by atoms with Gasteiger partial charge in [-0.3, -0.25) is 4.79 Å². The van der Waals surface area contributed by atoms with Gasteiger partial charge in [0.15, 0.2) is 5.69 Å². The summed E-state index contributed by atoms with van der Waals surface area (Å²) < 4.78 is 32.5. The highest BCUT2D eigenvalue weighted by molar-refractivity contribution is 5.94. The molecule has 0 aliphatic carbocycles. The molecular weight excluding hydrogens is 362 g/mol. The average molecular weight is 376 g/mol. The van der Waals surface area contributed by atoms with Crippen molar-refractivity contribution in [2.75, 3.05) is 5.73 Å². The van der Waals surface area contributed by atoms with Crippen LogP contribution in [-0.4, -0.2) is 37.4 Å². The molecule has 3 rings (SSSR count). The molecule has 0 atom stereocenters. The van der Waals surface area contributed by atoms with Crippen molar-refractivity contribution < 1.29 is 18.2 Å². The number of nitrogen functional groups attached to an aromatic ring is 1. The smallest absolute Gasteiger partial charge is 0.293 e. The Labute approximate surface area is 151 Å². The van der Waals surface area contributed by atoms with Crippen LogP contribution in [-0.2, 0) is 6.42 Å².